The van der Waals surface area contributed by atoms with Crippen LogP contribution in [0.5, 0.6) is 5.75 Å². The van der Waals surface area contributed by atoms with E-state index in [2.05, 4.69) is 10.1 Å². The van der Waals surface area contributed by atoms with Crippen LogP contribution in [0.15, 0.2) is 30.5 Å². The van der Waals surface area contributed by atoms with E-state index in [1.165, 1.54) is 0 Å². The average Bonchev–Trinajstić information content (AvgIpc) is 3.04. The highest BCUT2D eigenvalue weighted by Crippen LogP contribution is 2.55. The minimum absolute atomic E-state index is 0.0743. The van der Waals surface area contributed by atoms with E-state index in [1.54, 1.807) is 0 Å². The van der Waals surface area contributed by atoms with Gasteiger partial charge in [0.15, 0.2) is 23.4 Å². The Bertz CT molecular complexity index is 1190. The van der Waals surface area contributed by atoms with Gasteiger partial charge in [0.1, 0.15) is 6.10 Å². The number of nitrogens with zero attached hydrogens (tertiary/aromatic N) is 1. The largest absolute Gasteiger partial charge is 0.618 e. The Labute approximate surface area is 198 Å². The van der Waals surface area contributed by atoms with Crippen LogP contribution in [0.25, 0.3) is 0 Å². The molecule has 36 heavy (non-hydrogen) atoms. The van der Waals surface area contributed by atoms with E-state index in [-0.39, 0.29) is 10.4 Å². The summed E-state index contributed by atoms with van der Waals surface area (Å²) in [5, 5.41) is 13.8. The molecular weight excluding hydrogens is 507 g/mol. The van der Waals surface area contributed by atoms with Gasteiger partial charge in [-0.2, -0.15) is 31.1 Å². The molecule has 1 aromatic carbocycles. The molecule has 3 rings (SSSR count). The monoisotopic (exact) mass is 525 g/mol. The highest BCUT2D eigenvalue weighted by atomic mass is 19.4. The number of halogens is 7. The van der Waals surface area contributed by atoms with Crippen LogP contribution in [0.4, 0.5) is 36.4 Å². The van der Waals surface area contributed by atoms with Gasteiger partial charge >= 0.3 is 18.7 Å². The topological polar surface area (TPSA) is 118 Å². The molecule has 0 radical (unpaired) electrons. The summed E-state index contributed by atoms with van der Waals surface area (Å²) in [5.74, 6) is -10.8. The number of nitrogens with two attached hydrogens (primary N) is 1. The third-order valence-electron chi connectivity index (χ3n) is 6.01. The van der Waals surface area contributed by atoms with Gasteiger partial charge < -0.3 is 25.7 Å². The molecule has 4 atom stereocenters. The number of hydrogen-bond acceptors (Lipinski definition) is 5. The van der Waals surface area contributed by atoms with Gasteiger partial charge in [0, 0.05) is 29.5 Å². The molecule has 1 aliphatic heterocycles. The first-order chi connectivity index (χ1) is 16.6. The Balaban J connectivity index is 2.11. The second kappa shape index (κ2) is 9.44. The quantitative estimate of drug-likeness (QED) is 0.341. The first kappa shape index (κ1) is 27.0. The molecular formula is C21H18F7N3O5. The number of nitrogens with one attached hydrogen (secondary N) is 1. The van der Waals surface area contributed by atoms with Gasteiger partial charge in [-0.25, -0.2) is 4.39 Å². The average molecular weight is 525 g/mol. The fraction of sp³-hybridized carbons (Fsp3) is 0.381. The third kappa shape index (κ3) is 4.74. The second-order valence-corrected chi connectivity index (χ2v) is 8.10. The van der Waals surface area contributed by atoms with Crippen LogP contribution in [-0.2, 0) is 9.53 Å². The van der Waals surface area contributed by atoms with Crippen LogP contribution >= 0.6 is 0 Å². The molecule has 3 N–H and O–H groups in total. The molecule has 0 spiro atoms. The van der Waals surface area contributed by atoms with Crippen molar-refractivity contribution < 1.29 is 54.5 Å². The van der Waals surface area contributed by atoms with Crippen molar-refractivity contribution >= 4 is 17.5 Å². The third-order valence-corrected chi connectivity index (χ3v) is 6.01. The lowest BCUT2D eigenvalue weighted by Gasteiger charge is -2.32. The van der Waals surface area contributed by atoms with Crippen molar-refractivity contribution in [2.24, 2.45) is 11.7 Å². The van der Waals surface area contributed by atoms with Crippen LogP contribution in [0, 0.1) is 22.8 Å². The zero-order valence-electron chi connectivity index (χ0n) is 18.4. The van der Waals surface area contributed by atoms with Crippen LogP contribution in [-0.4, -0.2) is 36.3 Å². The smallest absolute Gasteiger partial charge is 0.417 e. The predicted octanol–water partition coefficient (Wildman–Crippen LogP) is 3.38. The van der Waals surface area contributed by atoms with Crippen molar-refractivity contribution in [3.05, 3.63) is 58.6 Å². The van der Waals surface area contributed by atoms with E-state index < -0.39 is 76.8 Å². The Hall–Kier alpha value is -3.62. The summed E-state index contributed by atoms with van der Waals surface area (Å²) in [6.45, 7) is -2.07. The summed E-state index contributed by atoms with van der Waals surface area (Å²) in [6, 6.07) is 3.04. The van der Waals surface area contributed by atoms with Gasteiger partial charge in [0.05, 0.1) is 5.69 Å². The minimum Gasteiger partial charge on any atom is -0.618 e. The minimum atomic E-state index is -5.08. The molecule has 1 aromatic heterocycles. The van der Waals surface area contributed by atoms with Crippen molar-refractivity contribution in [3.63, 3.8) is 0 Å². The SMILES string of the molecule is C[C@H]1[C@H](c2ccc(F)c(F)c2OC(F)F)[C@@H](C(=O)Nc2cc[n+]([O-])c(C(N)=O)c2)O[C@@]1(C)C(F)(F)F. The maximum atomic E-state index is 14.4. The summed E-state index contributed by atoms with van der Waals surface area (Å²) in [7, 11) is 0. The van der Waals surface area contributed by atoms with E-state index in [1.807, 2.05) is 0 Å². The highest BCUT2D eigenvalue weighted by Gasteiger charge is 2.66. The molecule has 2 heterocycles. The molecule has 0 saturated carbocycles. The molecule has 0 bridgehead atoms. The van der Waals surface area contributed by atoms with Gasteiger partial charge in [0.25, 0.3) is 11.6 Å². The lowest BCUT2D eigenvalue weighted by atomic mass is 9.77. The number of primary amides is 1. The Kier molecular flexibility index (Phi) is 7.08. The molecule has 1 aliphatic rings. The number of benzene rings is 1. The van der Waals surface area contributed by atoms with E-state index in [0.717, 1.165) is 31.3 Å². The molecule has 2 aromatic rings. The van der Waals surface area contributed by atoms with Crippen LogP contribution in [0.1, 0.15) is 35.8 Å². The van der Waals surface area contributed by atoms with Crippen molar-refractivity contribution in [1.82, 2.24) is 0 Å². The maximum absolute atomic E-state index is 14.4. The summed E-state index contributed by atoms with van der Waals surface area (Å²) in [5.41, 5.74) is 0.502. The molecule has 196 valence electrons. The Morgan fingerprint density at radius 2 is 1.89 bits per heavy atom. The lowest BCUT2D eigenvalue weighted by Crippen LogP contribution is -2.47. The highest BCUT2D eigenvalue weighted by molar-refractivity contribution is 5.97. The fourth-order valence-corrected chi connectivity index (χ4v) is 4.00. The maximum Gasteiger partial charge on any atom is 0.417 e. The molecule has 2 amide bonds. The number of carbonyl (C=O) groups excluding carboxylic acids is 2. The molecule has 1 saturated heterocycles. The molecule has 8 nitrogen and oxygen atoms in total. The fourth-order valence-electron chi connectivity index (χ4n) is 4.00. The number of amides is 2. The van der Waals surface area contributed by atoms with Crippen molar-refractivity contribution in [2.75, 3.05) is 5.32 Å². The van der Waals surface area contributed by atoms with Gasteiger partial charge in [-0.05, 0) is 13.0 Å². The van der Waals surface area contributed by atoms with Gasteiger partial charge in [0.2, 0.25) is 5.82 Å². The summed E-state index contributed by atoms with van der Waals surface area (Å²) >= 11 is 0. The standard InChI is InChI=1S/C21H18F7N3O5/c1-8-13(10-3-4-11(22)14(23)15(10)35-19(24)25)16(36-20(8,2)21(26,27)28)18(33)30-9-5-6-31(34)12(7-9)17(29)32/h3-8,13,16,19H,1-2H3,(H2,29,32)(H,30,33)/t8-,13+,16-,20+/m0/s1. The first-order valence-electron chi connectivity index (χ1n) is 10.1. The van der Waals surface area contributed by atoms with E-state index in [0.29, 0.717) is 13.0 Å². The number of alkyl halides is 5. The summed E-state index contributed by atoms with van der Waals surface area (Å²) in [4.78, 5) is 24.4. The zero-order chi connectivity index (χ0) is 27.2. The number of aromatic nitrogens is 1. The lowest BCUT2D eigenvalue weighted by molar-refractivity contribution is -0.607. The molecule has 15 heteroatoms. The van der Waals surface area contributed by atoms with Crippen LogP contribution in [0.3, 0.4) is 0 Å². The Morgan fingerprint density at radius 1 is 1.25 bits per heavy atom. The van der Waals surface area contributed by atoms with Crippen molar-refractivity contribution in [1.29, 1.82) is 0 Å². The van der Waals surface area contributed by atoms with Crippen LogP contribution < -0.4 is 20.5 Å². The molecule has 0 aliphatic carbocycles. The summed E-state index contributed by atoms with van der Waals surface area (Å²) < 4.78 is 105. The zero-order valence-corrected chi connectivity index (χ0v) is 18.4. The summed E-state index contributed by atoms with van der Waals surface area (Å²) in [6.07, 6.45) is -6.38. The predicted molar refractivity (Wildman–Crippen MR) is 107 cm³/mol. The van der Waals surface area contributed by atoms with Crippen molar-refractivity contribution in [2.45, 2.75) is 44.3 Å². The van der Waals surface area contributed by atoms with E-state index in [9.17, 15) is 45.5 Å². The normalized spacial score (nSPS) is 24.1. The van der Waals surface area contributed by atoms with Crippen molar-refractivity contribution in [3.8, 4) is 5.75 Å². The Morgan fingerprint density at radius 3 is 2.44 bits per heavy atom. The van der Waals surface area contributed by atoms with E-state index in [4.69, 9.17) is 10.5 Å². The molecule has 1 fully saturated rings. The number of anilines is 1. The van der Waals surface area contributed by atoms with Gasteiger partial charge in [-0.15, -0.1) is 0 Å². The number of hydrogen-bond donors (Lipinski definition) is 2. The van der Waals surface area contributed by atoms with Gasteiger partial charge in [-0.1, -0.05) is 13.0 Å². The number of carbonyl (C=O) groups is 2. The second-order valence-electron chi connectivity index (χ2n) is 8.10. The van der Waals surface area contributed by atoms with Gasteiger partial charge in [-0.3, -0.25) is 9.59 Å². The molecule has 0 unspecified atom stereocenters. The number of pyridine rings is 1. The number of rotatable bonds is 6. The van der Waals surface area contributed by atoms with E-state index >= 15 is 0 Å². The van der Waals surface area contributed by atoms with Crippen LogP contribution in [0.2, 0.25) is 0 Å². The first-order valence-corrected chi connectivity index (χ1v) is 10.1. The number of ether oxygens (including phenoxy) is 2.